The van der Waals surface area contributed by atoms with Gasteiger partial charge in [0.05, 0.1) is 44.0 Å². The van der Waals surface area contributed by atoms with E-state index in [2.05, 4.69) is 5.32 Å². The number of nitrogens with one attached hydrogen (secondary N) is 1. The number of ether oxygens (including phenoxy) is 2. The van der Waals surface area contributed by atoms with Crippen LogP contribution in [0.25, 0.3) is 11.1 Å². The number of esters is 1. The van der Waals surface area contributed by atoms with Crippen LogP contribution in [0, 0.1) is 18.6 Å². The molecule has 2 aromatic carbocycles. The Balaban J connectivity index is 1.89. The molecule has 4 rings (SSSR count). The molecule has 13 heteroatoms. The van der Waals surface area contributed by atoms with Crippen LogP contribution >= 0.6 is 0 Å². The lowest BCUT2D eigenvalue weighted by Crippen LogP contribution is -2.47. The Kier molecular flexibility index (Phi) is 11.6. The van der Waals surface area contributed by atoms with Gasteiger partial charge in [0.25, 0.3) is 5.56 Å². The molecule has 0 unspecified atom stereocenters. The molecule has 1 aromatic heterocycles. The van der Waals surface area contributed by atoms with Crippen LogP contribution < -0.4 is 21.3 Å². The number of carbonyl (C=O) groups is 1. The number of hydrogen-bond acceptors (Lipinski definition) is 6. The van der Waals surface area contributed by atoms with Crippen LogP contribution in [0.4, 0.5) is 22.0 Å². The van der Waals surface area contributed by atoms with E-state index in [1.54, 1.807) is 6.92 Å². The minimum atomic E-state index is -4.94. The molecule has 47 heavy (non-hydrogen) atoms. The van der Waals surface area contributed by atoms with E-state index in [-0.39, 0.29) is 48.1 Å². The highest BCUT2D eigenvalue weighted by Crippen LogP contribution is 2.34. The summed E-state index contributed by atoms with van der Waals surface area (Å²) in [5, 5.41) is 3.26. The largest absolute Gasteiger partial charge is 0.494 e. The quantitative estimate of drug-likeness (QED) is 0.139. The van der Waals surface area contributed by atoms with Gasteiger partial charge in [0, 0.05) is 23.2 Å². The summed E-state index contributed by atoms with van der Waals surface area (Å²) in [5.41, 5.74) is -3.93. The van der Waals surface area contributed by atoms with Gasteiger partial charge < -0.3 is 14.8 Å². The number of aromatic nitrogens is 2. The van der Waals surface area contributed by atoms with Crippen molar-refractivity contribution in [1.29, 1.82) is 0 Å². The van der Waals surface area contributed by atoms with E-state index in [4.69, 9.17) is 9.47 Å². The van der Waals surface area contributed by atoms with E-state index >= 15 is 8.78 Å². The van der Waals surface area contributed by atoms with Crippen LogP contribution in [0.3, 0.4) is 0 Å². The monoisotopic (exact) mass is 661 g/mol. The van der Waals surface area contributed by atoms with Crippen LogP contribution in [0.2, 0.25) is 0 Å². The van der Waals surface area contributed by atoms with E-state index < -0.39 is 52.8 Å². The van der Waals surface area contributed by atoms with Gasteiger partial charge in [-0.15, -0.1) is 0 Å². The predicted octanol–water partition coefficient (Wildman–Crippen LogP) is 5.92. The molecule has 8 nitrogen and oxygen atoms in total. The third-order valence-corrected chi connectivity index (χ3v) is 7.93. The van der Waals surface area contributed by atoms with Crippen LogP contribution in [0.5, 0.6) is 5.75 Å². The molecule has 1 aliphatic rings. The molecule has 0 saturated heterocycles. The first-order chi connectivity index (χ1) is 22.4. The lowest BCUT2D eigenvalue weighted by Gasteiger charge is -2.25. The first kappa shape index (κ1) is 35.3. The summed E-state index contributed by atoms with van der Waals surface area (Å²) >= 11 is 0. The highest BCUT2D eigenvalue weighted by molar-refractivity contribution is 5.69. The van der Waals surface area contributed by atoms with Crippen molar-refractivity contribution < 1.29 is 36.2 Å². The number of rotatable bonds is 13. The smallest absolute Gasteiger partial charge is 0.416 e. The summed E-state index contributed by atoms with van der Waals surface area (Å²) in [4.78, 5) is 40.0. The van der Waals surface area contributed by atoms with Gasteiger partial charge >= 0.3 is 17.8 Å². The van der Waals surface area contributed by atoms with Crippen molar-refractivity contribution >= 4 is 5.97 Å². The van der Waals surface area contributed by atoms with Gasteiger partial charge in [-0.1, -0.05) is 36.4 Å². The van der Waals surface area contributed by atoms with Crippen LogP contribution in [-0.4, -0.2) is 41.4 Å². The molecular weight excluding hydrogens is 625 g/mol. The molecule has 0 saturated carbocycles. The Labute approximate surface area is 268 Å². The Morgan fingerprint density at radius 3 is 2.47 bits per heavy atom. The lowest BCUT2D eigenvalue weighted by molar-refractivity contribution is -0.143. The third kappa shape index (κ3) is 8.07. The van der Waals surface area contributed by atoms with Crippen molar-refractivity contribution in [3.8, 4) is 16.9 Å². The Hall–Kier alpha value is -4.52. The van der Waals surface area contributed by atoms with Gasteiger partial charge in [-0.25, -0.2) is 13.6 Å². The molecule has 1 heterocycles. The summed E-state index contributed by atoms with van der Waals surface area (Å²) in [6.45, 7) is 2.35. The molecule has 0 amide bonds. The predicted molar refractivity (Wildman–Crippen MR) is 166 cm³/mol. The first-order valence-corrected chi connectivity index (χ1v) is 15.2. The van der Waals surface area contributed by atoms with Crippen molar-refractivity contribution in [2.45, 2.75) is 64.8 Å². The Bertz CT molecular complexity index is 1790. The number of carbonyl (C=O) groups excluding carboxylic acids is 1. The van der Waals surface area contributed by atoms with Crippen molar-refractivity contribution in [3.63, 3.8) is 0 Å². The van der Waals surface area contributed by atoms with E-state index in [9.17, 15) is 27.6 Å². The van der Waals surface area contributed by atoms with E-state index in [0.717, 1.165) is 33.3 Å². The van der Waals surface area contributed by atoms with E-state index in [1.807, 2.05) is 18.2 Å². The van der Waals surface area contributed by atoms with Crippen molar-refractivity contribution in [3.05, 3.63) is 109 Å². The summed E-state index contributed by atoms with van der Waals surface area (Å²) < 4.78 is 84.2. The number of hydrogen-bond donors (Lipinski definition) is 1. The number of alkyl halides is 3. The number of allylic oxidation sites excluding steroid dienone is 2. The number of methoxy groups -OCH3 is 1. The zero-order valence-electron chi connectivity index (χ0n) is 26.3. The highest BCUT2D eigenvalue weighted by Gasteiger charge is 2.35. The van der Waals surface area contributed by atoms with Gasteiger partial charge in [-0.2, -0.15) is 13.2 Å². The second-order valence-corrected chi connectivity index (χ2v) is 10.9. The van der Waals surface area contributed by atoms with Gasteiger partial charge in [0.1, 0.15) is 5.82 Å². The second-order valence-electron chi connectivity index (χ2n) is 10.9. The number of benzene rings is 2. The molecule has 0 spiro atoms. The molecule has 0 bridgehead atoms. The molecule has 1 atom stereocenters. The first-order valence-electron chi connectivity index (χ1n) is 15.2. The second kappa shape index (κ2) is 15.4. The number of nitrogens with zero attached hydrogens (tertiary/aromatic N) is 2. The maximum atomic E-state index is 15.6. The molecule has 252 valence electrons. The average molecular weight is 662 g/mol. The fraction of sp³-hybridized carbons (Fsp3) is 0.382. The van der Waals surface area contributed by atoms with Gasteiger partial charge in [-0.3, -0.25) is 18.7 Å². The molecular formula is C34H36F5N3O5. The Morgan fingerprint density at radius 1 is 1.06 bits per heavy atom. The summed E-state index contributed by atoms with van der Waals surface area (Å²) in [6, 6.07) is 5.87. The van der Waals surface area contributed by atoms with E-state index in [1.165, 1.54) is 32.2 Å². The molecule has 3 aromatic rings. The van der Waals surface area contributed by atoms with Gasteiger partial charge in [0.2, 0.25) is 0 Å². The van der Waals surface area contributed by atoms with Crippen molar-refractivity contribution in [2.75, 3.05) is 20.3 Å². The zero-order chi connectivity index (χ0) is 34.3. The summed E-state index contributed by atoms with van der Waals surface area (Å²) in [7, 11) is 1.23. The molecule has 0 radical (unpaired) electrons. The topological polar surface area (TPSA) is 91.6 Å². The molecule has 1 aliphatic carbocycles. The lowest BCUT2D eigenvalue weighted by atomic mass is 9.99. The molecule has 1 N–H and O–H groups in total. The van der Waals surface area contributed by atoms with E-state index in [0.29, 0.717) is 25.5 Å². The third-order valence-electron chi connectivity index (χ3n) is 7.93. The fourth-order valence-electron chi connectivity index (χ4n) is 5.57. The zero-order valence-corrected chi connectivity index (χ0v) is 26.3. The van der Waals surface area contributed by atoms with Crippen LogP contribution in [0.1, 0.15) is 49.4 Å². The minimum Gasteiger partial charge on any atom is -0.494 e. The SMILES string of the molecule is CCOC(=O)CCCN[C@@H](Cn1c(=O)c(-c2cccc(OC)c2F)c(C)n(Cc2c(F)cccc2C(F)(F)F)c1=O)C1=CCCC=C1. The summed E-state index contributed by atoms with van der Waals surface area (Å²) in [6.07, 6.45) is 2.72. The molecule has 0 aliphatic heterocycles. The molecule has 0 fully saturated rings. The van der Waals surface area contributed by atoms with Crippen molar-refractivity contribution in [2.24, 2.45) is 0 Å². The fourth-order valence-corrected chi connectivity index (χ4v) is 5.57. The highest BCUT2D eigenvalue weighted by atomic mass is 19.4. The summed E-state index contributed by atoms with van der Waals surface area (Å²) in [5.74, 6) is -2.69. The maximum absolute atomic E-state index is 15.6. The van der Waals surface area contributed by atoms with Gasteiger partial charge in [0.15, 0.2) is 11.6 Å². The average Bonchev–Trinajstić information content (AvgIpc) is 3.03. The maximum Gasteiger partial charge on any atom is 0.416 e. The minimum absolute atomic E-state index is 0.128. The number of halogens is 5. The van der Waals surface area contributed by atoms with Crippen LogP contribution in [0.15, 0.2) is 69.8 Å². The van der Waals surface area contributed by atoms with Crippen LogP contribution in [-0.2, 0) is 28.8 Å². The standard InChI is InChI=1S/C34H36F5N3O5/c1-4-47-29(43)17-10-18-40-27(22-11-6-5-7-12-22)20-42-32(44)30(23-13-8-16-28(46-3)31(23)36)21(2)41(33(42)45)19-24-25(34(37,38)39)14-9-15-26(24)35/h6,8-9,11-16,27,40H,4-5,7,10,17-20H2,1-3H3/t27-/m0/s1. The van der Waals surface area contributed by atoms with Crippen molar-refractivity contribution in [1.82, 2.24) is 14.5 Å². The normalized spacial score (nSPS) is 13.7. The Morgan fingerprint density at radius 2 is 1.81 bits per heavy atom. The van der Waals surface area contributed by atoms with Gasteiger partial charge in [-0.05, 0) is 63.4 Å².